The highest BCUT2D eigenvalue weighted by molar-refractivity contribution is 7.91. The van der Waals surface area contributed by atoms with Gasteiger partial charge in [-0.2, -0.15) is 4.31 Å². The lowest BCUT2D eigenvalue weighted by atomic mass is 9.99. The van der Waals surface area contributed by atoms with Crippen LogP contribution in [0.2, 0.25) is 9.36 Å². The minimum absolute atomic E-state index is 0.157. The molecule has 1 unspecified atom stereocenters. The Balaban J connectivity index is 1.71. The van der Waals surface area contributed by atoms with E-state index in [1.165, 1.54) is 10.4 Å². The molecule has 0 saturated carbocycles. The number of hydrogen-bond acceptors (Lipinski definition) is 4. The Labute approximate surface area is 160 Å². The fourth-order valence-corrected chi connectivity index (χ4v) is 6.10. The van der Waals surface area contributed by atoms with Crippen molar-refractivity contribution >= 4 is 56.2 Å². The summed E-state index contributed by atoms with van der Waals surface area (Å²) in [6.45, 7) is 0.559. The van der Waals surface area contributed by atoms with E-state index < -0.39 is 15.9 Å². The summed E-state index contributed by atoms with van der Waals surface area (Å²) in [6.07, 6.45) is 1.27. The van der Waals surface area contributed by atoms with Gasteiger partial charge in [-0.15, -0.1) is 11.3 Å². The molecule has 1 amide bonds. The van der Waals surface area contributed by atoms with Crippen LogP contribution in [0.1, 0.15) is 12.8 Å². The van der Waals surface area contributed by atoms with Gasteiger partial charge in [0.25, 0.3) is 10.0 Å². The molecule has 1 aliphatic heterocycles. The van der Waals surface area contributed by atoms with Crippen LogP contribution >= 0.6 is 34.5 Å². The molecule has 1 N–H and O–H groups in total. The van der Waals surface area contributed by atoms with Crippen molar-refractivity contribution in [3.63, 3.8) is 0 Å². The predicted octanol–water partition coefficient (Wildman–Crippen LogP) is 4.09. The van der Waals surface area contributed by atoms with E-state index in [9.17, 15) is 13.2 Å². The molecule has 1 aliphatic rings. The van der Waals surface area contributed by atoms with Crippen molar-refractivity contribution in [2.75, 3.05) is 18.4 Å². The first-order valence-electron chi connectivity index (χ1n) is 7.68. The van der Waals surface area contributed by atoms with Crippen molar-refractivity contribution in [2.24, 2.45) is 5.92 Å². The van der Waals surface area contributed by atoms with Crippen molar-refractivity contribution in [1.82, 2.24) is 4.31 Å². The van der Waals surface area contributed by atoms with Crippen LogP contribution in [0.5, 0.6) is 0 Å². The van der Waals surface area contributed by atoms with Crippen molar-refractivity contribution in [1.29, 1.82) is 0 Å². The molecular formula is C16H16Cl2N2O3S2. The highest BCUT2D eigenvalue weighted by atomic mass is 35.5. The van der Waals surface area contributed by atoms with E-state index in [4.69, 9.17) is 23.2 Å². The molecule has 1 aromatic heterocycles. The van der Waals surface area contributed by atoms with Gasteiger partial charge in [-0.05, 0) is 43.2 Å². The molecule has 0 bridgehead atoms. The summed E-state index contributed by atoms with van der Waals surface area (Å²) < 4.78 is 27.4. The van der Waals surface area contributed by atoms with Crippen LogP contribution in [0.25, 0.3) is 0 Å². The van der Waals surface area contributed by atoms with Gasteiger partial charge in [0.15, 0.2) is 0 Å². The van der Waals surface area contributed by atoms with Crippen LogP contribution in [0.3, 0.4) is 0 Å². The first-order valence-corrected chi connectivity index (χ1v) is 10.7. The maximum absolute atomic E-state index is 12.7. The molecule has 1 aromatic carbocycles. The Morgan fingerprint density at radius 3 is 2.72 bits per heavy atom. The molecule has 25 heavy (non-hydrogen) atoms. The SMILES string of the molecule is O=C(Nc1cccc(Cl)c1)C1CCCN(S(=O)(=O)c2ccc(Cl)s2)C1. The molecule has 5 nitrogen and oxygen atoms in total. The van der Waals surface area contributed by atoms with Crippen LogP contribution in [-0.2, 0) is 14.8 Å². The number of thiophene rings is 1. The van der Waals surface area contributed by atoms with Gasteiger partial charge in [-0.1, -0.05) is 29.3 Å². The average molecular weight is 419 g/mol. The molecule has 0 radical (unpaired) electrons. The molecular weight excluding hydrogens is 403 g/mol. The number of hydrogen-bond donors (Lipinski definition) is 1. The molecule has 9 heteroatoms. The third-order valence-electron chi connectivity index (χ3n) is 3.99. The van der Waals surface area contributed by atoms with Crippen LogP contribution in [0.4, 0.5) is 5.69 Å². The van der Waals surface area contributed by atoms with Crippen LogP contribution < -0.4 is 5.32 Å². The number of carbonyl (C=O) groups excluding carboxylic acids is 1. The van der Waals surface area contributed by atoms with Crippen LogP contribution in [0.15, 0.2) is 40.6 Å². The van der Waals surface area contributed by atoms with Crippen molar-refractivity contribution in [3.05, 3.63) is 45.8 Å². The zero-order valence-electron chi connectivity index (χ0n) is 13.1. The van der Waals surface area contributed by atoms with Gasteiger partial charge in [0.05, 0.1) is 10.3 Å². The molecule has 3 rings (SSSR count). The number of carbonyl (C=O) groups is 1. The second-order valence-electron chi connectivity index (χ2n) is 5.76. The number of sulfonamides is 1. The van der Waals surface area contributed by atoms with Crippen molar-refractivity contribution in [2.45, 2.75) is 17.1 Å². The Morgan fingerprint density at radius 1 is 1.24 bits per heavy atom. The van der Waals surface area contributed by atoms with Crippen LogP contribution in [-0.4, -0.2) is 31.7 Å². The molecule has 2 heterocycles. The van der Waals surface area contributed by atoms with E-state index in [2.05, 4.69) is 5.32 Å². The van der Waals surface area contributed by atoms with Gasteiger partial charge in [0.1, 0.15) is 4.21 Å². The summed E-state index contributed by atoms with van der Waals surface area (Å²) in [5.74, 6) is -0.607. The largest absolute Gasteiger partial charge is 0.326 e. The van der Waals surface area contributed by atoms with Crippen molar-refractivity contribution < 1.29 is 13.2 Å². The summed E-state index contributed by atoms with van der Waals surface area (Å²) in [4.78, 5) is 12.5. The standard InChI is InChI=1S/C16H16Cl2N2O3S2/c17-12-4-1-5-13(9-12)19-16(21)11-3-2-8-20(10-11)25(22,23)15-7-6-14(18)24-15/h1,4-7,9,11H,2-3,8,10H2,(H,19,21). The lowest BCUT2D eigenvalue weighted by Gasteiger charge is -2.30. The molecule has 1 atom stereocenters. The summed E-state index contributed by atoms with van der Waals surface area (Å²) in [5, 5.41) is 3.33. The number of halogens is 2. The second kappa shape index (κ2) is 7.63. The fourth-order valence-electron chi connectivity index (χ4n) is 2.75. The number of piperidine rings is 1. The Morgan fingerprint density at radius 2 is 2.04 bits per heavy atom. The van der Waals surface area contributed by atoms with E-state index in [0.717, 1.165) is 11.3 Å². The lowest BCUT2D eigenvalue weighted by Crippen LogP contribution is -2.43. The third kappa shape index (κ3) is 4.35. The van der Waals surface area contributed by atoms with Gasteiger partial charge in [0.2, 0.25) is 5.91 Å². The maximum atomic E-state index is 12.7. The predicted molar refractivity (Wildman–Crippen MR) is 101 cm³/mol. The van der Waals surface area contributed by atoms with E-state index in [0.29, 0.717) is 34.4 Å². The summed E-state index contributed by atoms with van der Waals surface area (Å²) in [6, 6.07) is 9.93. The third-order valence-corrected chi connectivity index (χ3v) is 7.79. The second-order valence-corrected chi connectivity index (χ2v) is 10.1. The number of rotatable bonds is 4. The maximum Gasteiger partial charge on any atom is 0.252 e. The normalized spacial score (nSPS) is 18.9. The average Bonchev–Trinajstić information content (AvgIpc) is 3.02. The van der Waals surface area contributed by atoms with E-state index >= 15 is 0 Å². The van der Waals surface area contributed by atoms with Crippen LogP contribution in [0, 0.1) is 5.92 Å². The first-order chi connectivity index (χ1) is 11.9. The molecule has 1 saturated heterocycles. The summed E-state index contributed by atoms with van der Waals surface area (Å²) in [7, 11) is -3.62. The summed E-state index contributed by atoms with van der Waals surface area (Å²) >= 11 is 12.8. The van der Waals surface area contributed by atoms with E-state index in [1.807, 2.05) is 0 Å². The molecule has 0 aliphatic carbocycles. The molecule has 0 spiro atoms. The smallest absolute Gasteiger partial charge is 0.252 e. The van der Waals surface area contributed by atoms with E-state index in [-0.39, 0.29) is 16.7 Å². The number of nitrogens with zero attached hydrogens (tertiary/aromatic N) is 1. The highest BCUT2D eigenvalue weighted by Crippen LogP contribution is 2.31. The number of anilines is 1. The summed E-state index contributed by atoms with van der Waals surface area (Å²) in [5.41, 5.74) is 0.600. The molecule has 134 valence electrons. The number of amides is 1. The zero-order chi connectivity index (χ0) is 18.0. The zero-order valence-corrected chi connectivity index (χ0v) is 16.3. The van der Waals surface area contributed by atoms with Gasteiger partial charge >= 0.3 is 0 Å². The Bertz CT molecular complexity index is 883. The highest BCUT2D eigenvalue weighted by Gasteiger charge is 2.34. The lowest BCUT2D eigenvalue weighted by molar-refractivity contribution is -0.120. The first kappa shape index (κ1) is 18.7. The minimum atomic E-state index is -3.62. The van der Waals surface area contributed by atoms with Gasteiger partial charge < -0.3 is 5.32 Å². The fraction of sp³-hybridized carbons (Fsp3) is 0.312. The monoisotopic (exact) mass is 418 g/mol. The topological polar surface area (TPSA) is 66.5 Å². The Kier molecular flexibility index (Phi) is 5.70. The minimum Gasteiger partial charge on any atom is -0.326 e. The van der Waals surface area contributed by atoms with Gasteiger partial charge in [-0.3, -0.25) is 4.79 Å². The molecule has 1 fully saturated rings. The van der Waals surface area contributed by atoms with Gasteiger partial charge in [-0.25, -0.2) is 8.42 Å². The van der Waals surface area contributed by atoms with Gasteiger partial charge in [0, 0.05) is 23.8 Å². The van der Waals surface area contributed by atoms with E-state index in [1.54, 1.807) is 30.3 Å². The Hall–Kier alpha value is -1.12. The number of benzene rings is 1. The van der Waals surface area contributed by atoms with Crippen molar-refractivity contribution in [3.8, 4) is 0 Å². The number of nitrogens with one attached hydrogen (secondary N) is 1. The quantitative estimate of drug-likeness (QED) is 0.812. The molecule has 2 aromatic rings.